The van der Waals surface area contributed by atoms with Crippen molar-refractivity contribution in [3.63, 3.8) is 0 Å². The summed E-state index contributed by atoms with van der Waals surface area (Å²) in [7, 11) is 0. The van der Waals surface area contributed by atoms with Crippen LogP contribution >= 0.6 is 11.3 Å². The summed E-state index contributed by atoms with van der Waals surface area (Å²) >= 11 is 1.77. The van der Waals surface area contributed by atoms with Gasteiger partial charge < -0.3 is 5.32 Å². The third-order valence-corrected chi connectivity index (χ3v) is 4.07. The highest BCUT2D eigenvalue weighted by molar-refractivity contribution is 7.17. The van der Waals surface area contributed by atoms with Gasteiger partial charge in [0.25, 0.3) is 0 Å². The van der Waals surface area contributed by atoms with Crippen molar-refractivity contribution < 1.29 is 0 Å². The highest BCUT2D eigenvalue weighted by Gasteiger charge is 2.31. The molecule has 1 saturated carbocycles. The predicted octanol–water partition coefficient (Wildman–Crippen LogP) is 3.36. The fraction of sp³-hybridized carbons (Fsp3) is 0.417. The number of pyridine rings is 1. The monoisotopic (exact) mass is 218 g/mol. The van der Waals surface area contributed by atoms with Crippen LogP contribution < -0.4 is 5.32 Å². The second-order valence-corrected chi connectivity index (χ2v) is 5.29. The second kappa shape index (κ2) is 3.49. The zero-order chi connectivity index (χ0) is 10.3. The Morgan fingerprint density at radius 2 is 2.40 bits per heavy atom. The molecule has 1 fully saturated rings. The van der Waals surface area contributed by atoms with Gasteiger partial charge >= 0.3 is 0 Å². The van der Waals surface area contributed by atoms with Crippen molar-refractivity contribution in [2.75, 3.05) is 11.9 Å². The van der Waals surface area contributed by atoms with Gasteiger partial charge in [-0.25, -0.2) is 4.98 Å². The van der Waals surface area contributed by atoms with Gasteiger partial charge in [-0.2, -0.15) is 0 Å². The highest BCUT2D eigenvalue weighted by Crippen LogP contribution is 2.37. The van der Waals surface area contributed by atoms with Gasteiger partial charge in [-0.05, 0) is 35.8 Å². The molecular formula is C12H14N2S. The molecule has 0 amide bonds. The molecule has 2 aromatic rings. The van der Waals surface area contributed by atoms with Crippen LogP contribution in [0.25, 0.3) is 10.1 Å². The lowest BCUT2D eigenvalue weighted by Gasteiger charge is -2.05. The minimum absolute atomic E-state index is 0.862. The lowest BCUT2D eigenvalue weighted by Crippen LogP contribution is -2.05. The molecule has 0 saturated heterocycles. The van der Waals surface area contributed by atoms with Gasteiger partial charge in [-0.15, -0.1) is 11.3 Å². The molecule has 0 spiro atoms. The van der Waals surface area contributed by atoms with Crippen LogP contribution in [0.2, 0.25) is 0 Å². The van der Waals surface area contributed by atoms with Crippen LogP contribution in [0.4, 0.5) is 5.82 Å². The molecular weight excluding hydrogens is 204 g/mol. The molecule has 15 heavy (non-hydrogen) atoms. The van der Waals surface area contributed by atoms with E-state index in [0.717, 1.165) is 24.2 Å². The molecule has 2 nitrogen and oxygen atoms in total. The van der Waals surface area contributed by atoms with Crippen molar-refractivity contribution in [1.82, 2.24) is 4.98 Å². The minimum atomic E-state index is 0.862. The number of nitrogens with zero attached hydrogens (tertiary/aromatic N) is 1. The quantitative estimate of drug-likeness (QED) is 0.854. The van der Waals surface area contributed by atoms with E-state index < -0.39 is 0 Å². The maximum absolute atomic E-state index is 4.40. The Bertz CT molecular complexity index is 477. The Morgan fingerprint density at radius 1 is 1.53 bits per heavy atom. The van der Waals surface area contributed by atoms with E-state index in [1.165, 1.54) is 16.5 Å². The molecule has 0 aliphatic heterocycles. The Kier molecular flexibility index (Phi) is 2.13. The van der Waals surface area contributed by atoms with Crippen LogP contribution in [0.5, 0.6) is 0 Å². The first kappa shape index (κ1) is 9.16. The third kappa shape index (κ3) is 1.72. The molecule has 0 bridgehead atoms. The summed E-state index contributed by atoms with van der Waals surface area (Å²) in [6.45, 7) is 3.38. The number of aromatic nitrogens is 1. The van der Waals surface area contributed by atoms with Gasteiger partial charge in [0.1, 0.15) is 5.82 Å². The Hall–Kier alpha value is -1.09. The lowest BCUT2D eigenvalue weighted by atomic mass is 10.3. The summed E-state index contributed by atoms with van der Waals surface area (Å²) in [4.78, 5) is 4.40. The molecule has 1 aliphatic carbocycles. The van der Waals surface area contributed by atoms with Crippen molar-refractivity contribution in [3.05, 3.63) is 23.7 Å². The standard InChI is InChI=1S/C12H14N2S/c1-8-6-9(8)7-14-12-10-3-5-15-11(10)2-4-13-12/h2-5,8-9H,6-7H2,1H3,(H,13,14). The molecule has 1 N–H and O–H groups in total. The first-order valence-electron chi connectivity index (χ1n) is 5.40. The van der Waals surface area contributed by atoms with E-state index in [2.05, 4.69) is 34.7 Å². The minimum Gasteiger partial charge on any atom is -0.369 e. The van der Waals surface area contributed by atoms with Gasteiger partial charge in [0.2, 0.25) is 0 Å². The molecule has 2 aromatic heterocycles. The largest absolute Gasteiger partial charge is 0.369 e. The number of anilines is 1. The van der Waals surface area contributed by atoms with E-state index in [4.69, 9.17) is 0 Å². The summed E-state index contributed by atoms with van der Waals surface area (Å²) in [5, 5.41) is 6.84. The van der Waals surface area contributed by atoms with Gasteiger partial charge in [0.15, 0.2) is 0 Å². The van der Waals surface area contributed by atoms with Gasteiger partial charge in [-0.1, -0.05) is 6.92 Å². The molecule has 3 rings (SSSR count). The maximum Gasteiger partial charge on any atom is 0.134 e. The van der Waals surface area contributed by atoms with Crippen molar-refractivity contribution in [2.45, 2.75) is 13.3 Å². The zero-order valence-corrected chi connectivity index (χ0v) is 9.55. The van der Waals surface area contributed by atoms with E-state index >= 15 is 0 Å². The first-order valence-corrected chi connectivity index (χ1v) is 6.28. The number of thiophene rings is 1. The van der Waals surface area contributed by atoms with Crippen LogP contribution in [-0.2, 0) is 0 Å². The van der Waals surface area contributed by atoms with E-state index in [1.807, 2.05) is 6.20 Å². The number of nitrogens with one attached hydrogen (secondary N) is 1. The SMILES string of the molecule is CC1CC1CNc1nccc2sccc12. The van der Waals surface area contributed by atoms with Crippen molar-refractivity contribution in [2.24, 2.45) is 11.8 Å². The maximum atomic E-state index is 4.40. The summed E-state index contributed by atoms with van der Waals surface area (Å²) in [6, 6.07) is 4.22. The number of fused-ring (bicyclic) bond motifs is 1. The molecule has 78 valence electrons. The van der Waals surface area contributed by atoms with Crippen LogP contribution in [0.3, 0.4) is 0 Å². The van der Waals surface area contributed by atoms with Gasteiger partial charge in [-0.3, -0.25) is 0 Å². The van der Waals surface area contributed by atoms with E-state index in [0.29, 0.717) is 0 Å². The third-order valence-electron chi connectivity index (χ3n) is 3.19. The zero-order valence-electron chi connectivity index (χ0n) is 8.73. The summed E-state index contributed by atoms with van der Waals surface area (Å²) in [5.74, 6) is 2.81. The lowest BCUT2D eigenvalue weighted by molar-refractivity contribution is 0.785. The van der Waals surface area contributed by atoms with Crippen molar-refractivity contribution >= 4 is 27.2 Å². The Balaban J connectivity index is 1.81. The van der Waals surface area contributed by atoms with Crippen LogP contribution in [0.15, 0.2) is 23.7 Å². The molecule has 2 atom stereocenters. The number of hydrogen-bond acceptors (Lipinski definition) is 3. The summed E-state index contributed by atoms with van der Waals surface area (Å²) in [5.41, 5.74) is 0. The Morgan fingerprint density at radius 3 is 3.20 bits per heavy atom. The van der Waals surface area contributed by atoms with Crippen LogP contribution in [-0.4, -0.2) is 11.5 Å². The molecule has 2 heterocycles. The summed E-state index contributed by atoms with van der Waals surface area (Å²) < 4.78 is 1.32. The fourth-order valence-electron chi connectivity index (χ4n) is 1.95. The number of hydrogen-bond donors (Lipinski definition) is 1. The van der Waals surface area contributed by atoms with Crippen LogP contribution in [0, 0.1) is 11.8 Å². The van der Waals surface area contributed by atoms with Crippen molar-refractivity contribution in [3.8, 4) is 0 Å². The van der Waals surface area contributed by atoms with E-state index in [-0.39, 0.29) is 0 Å². The fourth-order valence-corrected chi connectivity index (χ4v) is 2.73. The molecule has 0 radical (unpaired) electrons. The second-order valence-electron chi connectivity index (χ2n) is 4.35. The van der Waals surface area contributed by atoms with Crippen LogP contribution in [0.1, 0.15) is 13.3 Å². The highest BCUT2D eigenvalue weighted by atomic mass is 32.1. The molecule has 0 aromatic carbocycles. The average Bonchev–Trinajstić information content (AvgIpc) is 2.78. The van der Waals surface area contributed by atoms with E-state index in [1.54, 1.807) is 11.3 Å². The normalized spacial score (nSPS) is 24.3. The molecule has 1 aliphatic rings. The number of rotatable bonds is 3. The van der Waals surface area contributed by atoms with Gasteiger partial charge in [0, 0.05) is 22.8 Å². The molecule has 2 unspecified atom stereocenters. The van der Waals surface area contributed by atoms with Gasteiger partial charge in [0.05, 0.1) is 0 Å². The molecule has 3 heteroatoms. The first-order chi connectivity index (χ1) is 7.34. The average molecular weight is 218 g/mol. The van der Waals surface area contributed by atoms with Crippen molar-refractivity contribution in [1.29, 1.82) is 0 Å². The van der Waals surface area contributed by atoms with E-state index in [9.17, 15) is 0 Å². The smallest absolute Gasteiger partial charge is 0.134 e. The Labute approximate surface area is 93.3 Å². The summed E-state index contributed by atoms with van der Waals surface area (Å²) in [6.07, 6.45) is 3.25. The predicted molar refractivity (Wildman–Crippen MR) is 65.4 cm³/mol. The topological polar surface area (TPSA) is 24.9 Å².